The molecular weight excluding hydrogens is 262 g/mol. The fourth-order valence-corrected chi connectivity index (χ4v) is 4.20. The molecule has 0 spiro atoms. The standard InChI is InChI=1S/C18H31NO2/c1-3-15(16-9-5-4-6-10-16)11-14-19-18(17(20)21-2)12-7-8-13-18/h14-16H,3-13H2,1-2H3. The molecule has 0 aromatic heterocycles. The Bertz CT molecular complexity index is 352. The van der Waals surface area contributed by atoms with Gasteiger partial charge in [-0.1, -0.05) is 58.3 Å². The van der Waals surface area contributed by atoms with Crippen molar-refractivity contribution < 1.29 is 9.53 Å². The van der Waals surface area contributed by atoms with E-state index in [2.05, 4.69) is 6.92 Å². The molecule has 0 aliphatic heterocycles. The van der Waals surface area contributed by atoms with E-state index in [9.17, 15) is 4.79 Å². The van der Waals surface area contributed by atoms with Gasteiger partial charge in [-0.3, -0.25) is 4.99 Å². The first kappa shape index (κ1) is 16.5. The van der Waals surface area contributed by atoms with Gasteiger partial charge >= 0.3 is 5.97 Å². The summed E-state index contributed by atoms with van der Waals surface area (Å²) >= 11 is 0. The highest BCUT2D eigenvalue weighted by Crippen LogP contribution is 2.36. The maximum atomic E-state index is 12.0. The van der Waals surface area contributed by atoms with Crippen LogP contribution in [0.15, 0.2) is 4.99 Å². The smallest absolute Gasteiger partial charge is 0.333 e. The van der Waals surface area contributed by atoms with E-state index < -0.39 is 5.54 Å². The summed E-state index contributed by atoms with van der Waals surface area (Å²) in [6, 6.07) is 0. The van der Waals surface area contributed by atoms with Crippen LogP contribution >= 0.6 is 0 Å². The molecule has 3 nitrogen and oxygen atoms in total. The van der Waals surface area contributed by atoms with Gasteiger partial charge in [0.25, 0.3) is 0 Å². The lowest BCUT2D eigenvalue weighted by Gasteiger charge is -2.29. The van der Waals surface area contributed by atoms with E-state index in [0.717, 1.165) is 43.9 Å². The van der Waals surface area contributed by atoms with Crippen molar-refractivity contribution in [1.29, 1.82) is 0 Å². The Morgan fingerprint density at radius 2 is 1.90 bits per heavy atom. The molecule has 120 valence electrons. The molecule has 21 heavy (non-hydrogen) atoms. The summed E-state index contributed by atoms with van der Waals surface area (Å²) in [7, 11) is 1.48. The summed E-state index contributed by atoms with van der Waals surface area (Å²) in [5.41, 5.74) is -0.556. The third kappa shape index (κ3) is 4.08. The molecule has 0 N–H and O–H groups in total. The van der Waals surface area contributed by atoms with Gasteiger partial charge in [-0.25, -0.2) is 4.79 Å². The summed E-state index contributed by atoms with van der Waals surface area (Å²) in [6.07, 6.45) is 15.2. The van der Waals surface area contributed by atoms with Crippen molar-refractivity contribution in [3.05, 3.63) is 0 Å². The lowest BCUT2D eigenvalue weighted by Crippen LogP contribution is -2.35. The SMILES string of the molecule is CCC(CC=NC1(C(=O)OC)CCCC1)C1CCCCC1. The summed E-state index contributed by atoms with van der Waals surface area (Å²) in [5, 5.41) is 0. The molecule has 0 heterocycles. The van der Waals surface area contributed by atoms with Crippen LogP contribution in [-0.4, -0.2) is 24.8 Å². The average Bonchev–Trinajstić information content (AvgIpc) is 3.01. The van der Waals surface area contributed by atoms with Crippen LogP contribution in [-0.2, 0) is 9.53 Å². The molecule has 2 saturated carbocycles. The molecular formula is C18H31NO2. The molecule has 3 heteroatoms. The topological polar surface area (TPSA) is 38.7 Å². The van der Waals surface area contributed by atoms with Crippen molar-refractivity contribution in [3.8, 4) is 0 Å². The minimum absolute atomic E-state index is 0.137. The van der Waals surface area contributed by atoms with Crippen molar-refractivity contribution in [3.63, 3.8) is 0 Å². The molecule has 0 aromatic carbocycles. The van der Waals surface area contributed by atoms with Crippen molar-refractivity contribution in [2.75, 3.05) is 7.11 Å². The number of rotatable bonds is 6. The number of aliphatic imine (C=N–C) groups is 1. The number of carbonyl (C=O) groups is 1. The Hall–Kier alpha value is -0.860. The van der Waals surface area contributed by atoms with Crippen molar-refractivity contribution in [2.45, 2.75) is 83.1 Å². The van der Waals surface area contributed by atoms with Crippen LogP contribution in [0.2, 0.25) is 0 Å². The maximum absolute atomic E-state index is 12.0. The highest BCUT2D eigenvalue weighted by atomic mass is 16.5. The first-order valence-corrected chi connectivity index (χ1v) is 8.84. The molecule has 0 bridgehead atoms. The Labute approximate surface area is 129 Å². The normalized spacial score (nSPS) is 24.3. The van der Waals surface area contributed by atoms with Crippen LogP contribution < -0.4 is 0 Å². The lowest BCUT2D eigenvalue weighted by atomic mass is 9.77. The van der Waals surface area contributed by atoms with E-state index in [1.54, 1.807) is 0 Å². The quantitative estimate of drug-likeness (QED) is 0.532. The molecule has 0 amide bonds. The molecule has 2 rings (SSSR count). The predicted octanol–water partition coefficient (Wildman–Crippen LogP) is 4.54. The molecule has 0 aromatic rings. The summed E-state index contributed by atoms with van der Waals surface area (Å²) < 4.78 is 4.99. The molecule has 2 fully saturated rings. The van der Waals surface area contributed by atoms with E-state index in [0.29, 0.717) is 0 Å². The van der Waals surface area contributed by atoms with Crippen LogP contribution in [0.1, 0.15) is 77.6 Å². The third-order valence-corrected chi connectivity index (χ3v) is 5.58. The molecule has 0 saturated heterocycles. The van der Waals surface area contributed by atoms with Crippen molar-refractivity contribution in [2.24, 2.45) is 16.8 Å². The van der Waals surface area contributed by atoms with Gasteiger partial charge in [0.15, 0.2) is 5.54 Å². The second-order valence-corrected chi connectivity index (χ2v) is 6.84. The van der Waals surface area contributed by atoms with E-state index in [4.69, 9.17) is 9.73 Å². The fourth-order valence-electron chi connectivity index (χ4n) is 4.20. The van der Waals surface area contributed by atoms with E-state index in [1.165, 1.54) is 45.6 Å². The molecule has 2 aliphatic rings. The third-order valence-electron chi connectivity index (χ3n) is 5.58. The van der Waals surface area contributed by atoms with Crippen molar-refractivity contribution in [1.82, 2.24) is 0 Å². The second kappa shape index (κ2) is 7.95. The van der Waals surface area contributed by atoms with Gasteiger partial charge in [-0.05, 0) is 31.1 Å². The van der Waals surface area contributed by atoms with Gasteiger partial charge in [0.1, 0.15) is 0 Å². The number of methoxy groups -OCH3 is 1. The number of carbonyl (C=O) groups excluding carboxylic acids is 1. The predicted molar refractivity (Wildman–Crippen MR) is 86.7 cm³/mol. The van der Waals surface area contributed by atoms with Gasteiger partial charge in [0.05, 0.1) is 7.11 Å². The zero-order valence-electron chi connectivity index (χ0n) is 13.8. The van der Waals surface area contributed by atoms with Gasteiger partial charge in [0, 0.05) is 6.21 Å². The Morgan fingerprint density at radius 1 is 1.24 bits per heavy atom. The fraction of sp³-hybridized carbons (Fsp3) is 0.889. The molecule has 2 aliphatic carbocycles. The van der Waals surface area contributed by atoms with Gasteiger partial charge < -0.3 is 4.74 Å². The zero-order valence-corrected chi connectivity index (χ0v) is 13.8. The van der Waals surface area contributed by atoms with Crippen LogP contribution in [0.25, 0.3) is 0 Å². The van der Waals surface area contributed by atoms with Crippen molar-refractivity contribution >= 4 is 12.2 Å². The highest BCUT2D eigenvalue weighted by molar-refractivity contribution is 5.83. The minimum atomic E-state index is -0.556. The number of ether oxygens (including phenoxy) is 1. The van der Waals surface area contributed by atoms with Gasteiger partial charge in [-0.2, -0.15) is 0 Å². The Kier molecular flexibility index (Phi) is 6.25. The second-order valence-electron chi connectivity index (χ2n) is 6.84. The molecule has 1 atom stereocenters. The Balaban J connectivity index is 1.93. The zero-order chi connectivity index (χ0) is 15.1. The Morgan fingerprint density at radius 3 is 2.48 bits per heavy atom. The van der Waals surface area contributed by atoms with Gasteiger partial charge in [-0.15, -0.1) is 0 Å². The highest BCUT2D eigenvalue weighted by Gasteiger charge is 2.41. The molecule has 0 radical (unpaired) electrons. The number of hydrogen-bond acceptors (Lipinski definition) is 3. The monoisotopic (exact) mass is 293 g/mol. The summed E-state index contributed by atoms with van der Waals surface area (Å²) in [4.78, 5) is 16.8. The van der Waals surface area contributed by atoms with E-state index >= 15 is 0 Å². The first-order chi connectivity index (χ1) is 10.2. The summed E-state index contributed by atoms with van der Waals surface area (Å²) in [5.74, 6) is 1.47. The van der Waals surface area contributed by atoms with Crippen LogP contribution in [0.3, 0.4) is 0 Å². The largest absolute Gasteiger partial charge is 0.467 e. The van der Waals surface area contributed by atoms with E-state index in [1.807, 2.05) is 6.21 Å². The minimum Gasteiger partial charge on any atom is -0.467 e. The maximum Gasteiger partial charge on any atom is 0.333 e. The number of nitrogens with zero attached hydrogens (tertiary/aromatic N) is 1. The number of esters is 1. The van der Waals surface area contributed by atoms with E-state index in [-0.39, 0.29) is 5.97 Å². The van der Waals surface area contributed by atoms with Gasteiger partial charge in [0.2, 0.25) is 0 Å². The lowest BCUT2D eigenvalue weighted by molar-refractivity contribution is -0.146. The average molecular weight is 293 g/mol. The first-order valence-electron chi connectivity index (χ1n) is 8.84. The summed E-state index contributed by atoms with van der Waals surface area (Å²) in [6.45, 7) is 2.29. The molecule has 1 unspecified atom stereocenters. The number of hydrogen-bond donors (Lipinski definition) is 0. The van der Waals surface area contributed by atoms with Crippen LogP contribution in [0, 0.1) is 11.8 Å². The van der Waals surface area contributed by atoms with Crippen LogP contribution in [0.4, 0.5) is 0 Å². The van der Waals surface area contributed by atoms with Crippen LogP contribution in [0.5, 0.6) is 0 Å².